The highest BCUT2D eigenvalue weighted by Crippen LogP contribution is 2.30. The Labute approximate surface area is 137 Å². The van der Waals surface area contributed by atoms with Crippen molar-refractivity contribution in [3.8, 4) is 0 Å². The Hall–Kier alpha value is -0.820. The van der Waals surface area contributed by atoms with E-state index in [-0.39, 0.29) is 5.60 Å². The van der Waals surface area contributed by atoms with Crippen LogP contribution in [-0.2, 0) is 4.74 Å². The van der Waals surface area contributed by atoms with Gasteiger partial charge in [0.1, 0.15) is 0 Å². The molecule has 0 unspecified atom stereocenters. The predicted octanol–water partition coefficient (Wildman–Crippen LogP) is 2.53. The molecular weight excluding hydrogens is 298 g/mol. The number of hydrogen-bond acceptors (Lipinski definition) is 6. The van der Waals surface area contributed by atoms with Crippen molar-refractivity contribution in [2.45, 2.75) is 64.2 Å². The Balaban J connectivity index is 1.61. The summed E-state index contributed by atoms with van der Waals surface area (Å²) < 4.78 is 8.16. The van der Waals surface area contributed by atoms with Gasteiger partial charge < -0.3 is 9.64 Å². The predicted molar refractivity (Wildman–Crippen MR) is 89.5 cm³/mol. The molecule has 2 fully saturated rings. The summed E-state index contributed by atoms with van der Waals surface area (Å²) in [5.74, 6) is 3.38. The average Bonchev–Trinajstić information content (AvgIpc) is 2.97. The summed E-state index contributed by atoms with van der Waals surface area (Å²) in [5.41, 5.74) is -0.0613. The molecule has 2 aliphatic rings. The molecule has 2 saturated heterocycles. The van der Waals surface area contributed by atoms with Crippen LogP contribution in [0.2, 0.25) is 0 Å². The fourth-order valence-electron chi connectivity index (χ4n) is 3.24. The van der Waals surface area contributed by atoms with Gasteiger partial charge in [-0.2, -0.15) is 11.8 Å². The lowest BCUT2D eigenvalue weighted by atomic mass is 10.1. The number of thioether (sulfide) groups is 1. The standard InChI is InChI=1S/C15H27N5OS/c1-15(2,3)21-13-4-8-19(9-5-13)14-16-17-18-20(14)12-6-10-22-11-7-12/h12-13H,4-11H2,1-3H3. The van der Waals surface area contributed by atoms with Crippen LogP contribution in [0, 0.1) is 0 Å². The van der Waals surface area contributed by atoms with Gasteiger partial charge in [-0.05, 0) is 68.4 Å². The van der Waals surface area contributed by atoms with Crippen molar-refractivity contribution in [2.24, 2.45) is 0 Å². The molecule has 0 aromatic carbocycles. The first-order chi connectivity index (χ1) is 10.5. The number of tetrazole rings is 1. The largest absolute Gasteiger partial charge is 0.372 e. The second kappa shape index (κ2) is 6.74. The lowest BCUT2D eigenvalue weighted by molar-refractivity contribution is -0.0684. The van der Waals surface area contributed by atoms with Crippen LogP contribution < -0.4 is 4.90 Å². The number of nitrogens with zero attached hydrogens (tertiary/aromatic N) is 5. The van der Waals surface area contributed by atoms with E-state index in [4.69, 9.17) is 4.74 Å². The third-order valence-electron chi connectivity index (χ3n) is 4.26. The first kappa shape index (κ1) is 16.1. The number of ether oxygens (including phenoxy) is 1. The van der Waals surface area contributed by atoms with E-state index in [2.05, 4.69) is 45.9 Å². The molecular formula is C15H27N5OS. The Morgan fingerprint density at radius 3 is 2.41 bits per heavy atom. The van der Waals surface area contributed by atoms with Gasteiger partial charge in [0.2, 0.25) is 5.95 Å². The van der Waals surface area contributed by atoms with Gasteiger partial charge in [-0.15, -0.1) is 0 Å². The number of piperidine rings is 1. The SMILES string of the molecule is CC(C)(C)OC1CCN(c2nnnn2C2CCSCC2)CC1. The number of rotatable bonds is 3. The molecule has 0 atom stereocenters. The van der Waals surface area contributed by atoms with Crippen LogP contribution in [0.15, 0.2) is 0 Å². The fraction of sp³-hybridized carbons (Fsp3) is 0.933. The van der Waals surface area contributed by atoms with Crippen molar-refractivity contribution in [1.29, 1.82) is 0 Å². The first-order valence-electron chi connectivity index (χ1n) is 8.31. The highest BCUT2D eigenvalue weighted by atomic mass is 32.2. The zero-order chi connectivity index (χ0) is 15.6. The molecule has 0 aliphatic carbocycles. The van der Waals surface area contributed by atoms with Crippen LogP contribution >= 0.6 is 11.8 Å². The van der Waals surface area contributed by atoms with E-state index in [1.165, 1.54) is 24.3 Å². The van der Waals surface area contributed by atoms with Crippen LogP contribution in [0.5, 0.6) is 0 Å². The van der Waals surface area contributed by atoms with Crippen LogP contribution in [0.3, 0.4) is 0 Å². The quantitative estimate of drug-likeness (QED) is 0.851. The average molecular weight is 325 g/mol. The normalized spacial score (nSPS) is 22.2. The van der Waals surface area contributed by atoms with E-state index in [0.29, 0.717) is 12.1 Å². The van der Waals surface area contributed by atoms with Crippen LogP contribution in [0.1, 0.15) is 52.5 Å². The molecule has 1 aromatic rings. The summed E-state index contributed by atoms with van der Waals surface area (Å²) in [5, 5.41) is 12.5. The summed E-state index contributed by atoms with van der Waals surface area (Å²) in [6, 6.07) is 0.467. The van der Waals surface area contributed by atoms with Crippen molar-refractivity contribution in [1.82, 2.24) is 20.2 Å². The zero-order valence-electron chi connectivity index (χ0n) is 13.9. The topological polar surface area (TPSA) is 56.1 Å². The van der Waals surface area contributed by atoms with Crippen molar-refractivity contribution < 1.29 is 4.74 Å². The number of anilines is 1. The van der Waals surface area contributed by atoms with Gasteiger partial charge in [0.05, 0.1) is 17.7 Å². The molecule has 6 nitrogen and oxygen atoms in total. The molecule has 124 valence electrons. The summed E-state index contributed by atoms with van der Waals surface area (Å²) in [7, 11) is 0. The molecule has 0 N–H and O–H groups in total. The van der Waals surface area contributed by atoms with Crippen molar-refractivity contribution >= 4 is 17.7 Å². The molecule has 22 heavy (non-hydrogen) atoms. The van der Waals surface area contributed by atoms with Gasteiger partial charge >= 0.3 is 0 Å². The smallest absolute Gasteiger partial charge is 0.245 e. The molecule has 0 spiro atoms. The second-order valence-corrected chi connectivity index (χ2v) is 8.41. The van der Waals surface area contributed by atoms with Crippen LogP contribution in [0.4, 0.5) is 5.95 Å². The molecule has 0 bridgehead atoms. The maximum absolute atomic E-state index is 6.10. The lowest BCUT2D eigenvalue weighted by Crippen LogP contribution is -2.41. The van der Waals surface area contributed by atoms with E-state index < -0.39 is 0 Å². The minimum absolute atomic E-state index is 0.0613. The maximum Gasteiger partial charge on any atom is 0.245 e. The minimum atomic E-state index is -0.0613. The monoisotopic (exact) mass is 325 g/mol. The fourth-order valence-corrected chi connectivity index (χ4v) is 4.32. The highest BCUT2D eigenvalue weighted by molar-refractivity contribution is 7.99. The Kier molecular flexibility index (Phi) is 4.92. The number of aromatic nitrogens is 4. The van der Waals surface area contributed by atoms with Crippen molar-refractivity contribution in [3.63, 3.8) is 0 Å². The molecule has 3 heterocycles. The van der Waals surface area contributed by atoms with Crippen molar-refractivity contribution in [3.05, 3.63) is 0 Å². The third kappa shape index (κ3) is 3.93. The third-order valence-corrected chi connectivity index (χ3v) is 5.31. The summed E-state index contributed by atoms with van der Waals surface area (Å²) in [6.07, 6.45) is 4.79. The first-order valence-corrected chi connectivity index (χ1v) is 9.47. The van der Waals surface area contributed by atoms with Crippen LogP contribution in [-0.4, -0.2) is 56.5 Å². The van der Waals surface area contributed by atoms with E-state index >= 15 is 0 Å². The Morgan fingerprint density at radius 1 is 1.09 bits per heavy atom. The molecule has 2 aliphatic heterocycles. The second-order valence-electron chi connectivity index (χ2n) is 7.18. The summed E-state index contributed by atoms with van der Waals surface area (Å²) in [4.78, 5) is 2.32. The van der Waals surface area contributed by atoms with E-state index in [0.717, 1.165) is 31.9 Å². The molecule has 7 heteroatoms. The highest BCUT2D eigenvalue weighted by Gasteiger charge is 2.28. The molecule has 3 rings (SSSR count). The molecule has 0 saturated carbocycles. The zero-order valence-corrected chi connectivity index (χ0v) is 14.7. The van der Waals surface area contributed by atoms with Crippen LogP contribution in [0.25, 0.3) is 0 Å². The van der Waals surface area contributed by atoms with Gasteiger partial charge in [-0.1, -0.05) is 5.10 Å². The molecule has 0 radical (unpaired) electrons. The van der Waals surface area contributed by atoms with Gasteiger partial charge in [0, 0.05) is 13.1 Å². The van der Waals surface area contributed by atoms with Crippen molar-refractivity contribution in [2.75, 3.05) is 29.5 Å². The molecule has 1 aromatic heterocycles. The van der Waals surface area contributed by atoms with Gasteiger partial charge in [0.15, 0.2) is 0 Å². The summed E-state index contributed by atoms with van der Waals surface area (Å²) in [6.45, 7) is 8.33. The van der Waals surface area contributed by atoms with Gasteiger partial charge in [-0.3, -0.25) is 0 Å². The van der Waals surface area contributed by atoms with E-state index in [1.807, 2.05) is 11.8 Å². The Morgan fingerprint density at radius 2 is 1.77 bits per heavy atom. The van der Waals surface area contributed by atoms with E-state index in [1.54, 1.807) is 0 Å². The van der Waals surface area contributed by atoms with E-state index in [9.17, 15) is 0 Å². The number of hydrogen-bond donors (Lipinski definition) is 0. The minimum Gasteiger partial charge on any atom is -0.372 e. The Bertz CT molecular complexity index is 473. The van der Waals surface area contributed by atoms with Gasteiger partial charge in [-0.25, -0.2) is 4.68 Å². The van der Waals surface area contributed by atoms with Gasteiger partial charge in [0.25, 0.3) is 0 Å². The summed E-state index contributed by atoms with van der Waals surface area (Å²) >= 11 is 2.03. The maximum atomic E-state index is 6.10. The molecule has 0 amide bonds. The lowest BCUT2D eigenvalue weighted by Gasteiger charge is -2.36.